The Hall–Kier alpha value is -0.966. The van der Waals surface area contributed by atoms with E-state index < -0.39 is 28.0 Å². The molecule has 0 aliphatic heterocycles. The second kappa shape index (κ2) is 8.52. The Morgan fingerprint density at radius 1 is 0.944 bits per heavy atom. The van der Waals surface area contributed by atoms with Gasteiger partial charge in [-0.25, -0.2) is 0 Å². The van der Waals surface area contributed by atoms with Gasteiger partial charge in [0.15, 0.2) is 16.6 Å². The molecule has 1 spiro atoms. The van der Waals surface area contributed by atoms with Gasteiger partial charge >= 0.3 is 11.9 Å². The number of rotatable bonds is 6. The molecule has 0 N–H and O–H groups in total. The van der Waals surface area contributed by atoms with Crippen molar-refractivity contribution in [2.75, 3.05) is 14.2 Å². The van der Waals surface area contributed by atoms with E-state index in [0.717, 1.165) is 44.1 Å². The van der Waals surface area contributed by atoms with E-state index in [9.17, 15) is 9.59 Å². The monoisotopic (exact) mass is 536 g/mol. The van der Waals surface area contributed by atoms with Crippen LogP contribution in [0.2, 0.25) is 39.3 Å². The fourth-order valence-corrected chi connectivity index (χ4v) is 12.1. The highest BCUT2D eigenvalue weighted by atomic mass is 28.4. The van der Waals surface area contributed by atoms with E-state index in [1.54, 1.807) is 0 Å². The molecule has 36 heavy (non-hydrogen) atoms. The van der Waals surface area contributed by atoms with Gasteiger partial charge in [-0.1, -0.05) is 13.5 Å². The molecule has 0 aromatic carbocycles. The summed E-state index contributed by atoms with van der Waals surface area (Å²) in [5, 5.41) is 0. The van der Waals surface area contributed by atoms with Crippen LogP contribution in [0, 0.1) is 34.0 Å². The summed E-state index contributed by atoms with van der Waals surface area (Å²) >= 11 is 0. The third kappa shape index (κ3) is 3.92. The van der Waals surface area contributed by atoms with E-state index in [2.05, 4.69) is 52.8 Å². The summed E-state index contributed by atoms with van der Waals surface area (Å²) in [7, 11) is -0.906. The standard InChI is InChI=1S/C28H48O6Si2/c1-18-16-27-17-28(18,34-36(9,10)11)15-12-19(27)25(2)14-13-20(33-35(6,7)8)26(3,24(30)32-5)22(25)21(27)23(29)31-4/h19-22H,1,12-17H2,2-11H3/t19?,20-,21+,22?,25-,26?,27-,28-/m0/s1. The number of fused-ring (bicyclic) bond motifs is 3. The normalized spacial score (nSPS) is 44.1. The van der Waals surface area contributed by atoms with Gasteiger partial charge in [-0.3, -0.25) is 9.59 Å². The lowest BCUT2D eigenvalue weighted by atomic mass is 9.52. The van der Waals surface area contributed by atoms with Gasteiger partial charge in [0.1, 0.15) is 0 Å². The molecule has 6 nitrogen and oxygen atoms in total. The average molecular weight is 537 g/mol. The second-order valence-electron chi connectivity index (χ2n) is 14.5. The molecule has 0 heterocycles. The summed E-state index contributed by atoms with van der Waals surface area (Å²) in [6.07, 6.45) is 4.88. The number of methoxy groups -OCH3 is 2. The Morgan fingerprint density at radius 3 is 2.11 bits per heavy atom. The lowest BCUT2D eigenvalue weighted by Gasteiger charge is -2.55. The van der Waals surface area contributed by atoms with E-state index >= 15 is 0 Å². The summed E-state index contributed by atoms with van der Waals surface area (Å²) < 4.78 is 24.7. The van der Waals surface area contributed by atoms with Crippen LogP contribution < -0.4 is 0 Å². The highest BCUT2D eigenvalue weighted by Crippen LogP contribution is 2.79. The molecule has 4 aliphatic rings. The van der Waals surface area contributed by atoms with Gasteiger partial charge in [0.05, 0.1) is 37.3 Å². The van der Waals surface area contributed by atoms with Crippen molar-refractivity contribution >= 4 is 28.6 Å². The van der Waals surface area contributed by atoms with Crippen LogP contribution in [-0.4, -0.2) is 54.5 Å². The van der Waals surface area contributed by atoms with Crippen LogP contribution in [0.4, 0.5) is 0 Å². The van der Waals surface area contributed by atoms with Gasteiger partial charge < -0.3 is 18.3 Å². The van der Waals surface area contributed by atoms with Crippen molar-refractivity contribution in [3.05, 3.63) is 12.2 Å². The van der Waals surface area contributed by atoms with Crippen molar-refractivity contribution in [1.29, 1.82) is 0 Å². The summed E-state index contributed by atoms with van der Waals surface area (Å²) in [6, 6.07) is 0. The molecule has 4 aliphatic carbocycles. The van der Waals surface area contributed by atoms with Crippen LogP contribution in [0.3, 0.4) is 0 Å². The molecule has 0 amide bonds. The lowest BCUT2D eigenvalue weighted by Crippen LogP contribution is -2.60. The van der Waals surface area contributed by atoms with Gasteiger partial charge in [0.25, 0.3) is 0 Å². The van der Waals surface area contributed by atoms with Crippen molar-refractivity contribution in [2.45, 2.75) is 103 Å². The molecule has 0 aromatic heterocycles. The Morgan fingerprint density at radius 2 is 1.58 bits per heavy atom. The first kappa shape index (κ1) is 28.1. The molecule has 0 aromatic rings. The third-order valence-corrected chi connectivity index (χ3v) is 12.1. The molecule has 0 saturated heterocycles. The summed E-state index contributed by atoms with van der Waals surface area (Å²) in [6.45, 7) is 22.0. The molecule has 4 saturated carbocycles. The molecule has 2 bridgehead atoms. The molecule has 0 radical (unpaired) electrons. The van der Waals surface area contributed by atoms with E-state index in [0.29, 0.717) is 0 Å². The van der Waals surface area contributed by atoms with Gasteiger partial charge in [-0.2, -0.15) is 0 Å². The molecule has 4 rings (SSSR count). The predicted octanol–water partition coefficient (Wildman–Crippen LogP) is 5.94. The van der Waals surface area contributed by atoms with Crippen LogP contribution in [0.25, 0.3) is 0 Å². The number of esters is 2. The van der Waals surface area contributed by atoms with Crippen molar-refractivity contribution < 1.29 is 27.9 Å². The second-order valence-corrected chi connectivity index (χ2v) is 23.4. The fraction of sp³-hybridized carbons (Fsp3) is 0.857. The van der Waals surface area contributed by atoms with Gasteiger partial charge in [0, 0.05) is 0 Å². The summed E-state index contributed by atoms with van der Waals surface area (Å²) in [5.41, 5.74) is -0.744. The largest absolute Gasteiger partial charge is 0.469 e. The lowest BCUT2D eigenvalue weighted by molar-refractivity contribution is -0.183. The first-order valence-corrected chi connectivity index (χ1v) is 20.4. The minimum atomic E-state index is -1.98. The number of hydrogen-bond donors (Lipinski definition) is 0. The zero-order valence-electron chi connectivity index (χ0n) is 24.2. The molecule has 4 fully saturated rings. The van der Waals surface area contributed by atoms with E-state index in [1.165, 1.54) is 14.2 Å². The number of carbonyl (C=O) groups is 2. The zero-order valence-corrected chi connectivity index (χ0v) is 26.2. The molecule has 3 unspecified atom stereocenters. The molecule has 204 valence electrons. The fourth-order valence-electron chi connectivity index (χ4n) is 9.44. The van der Waals surface area contributed by atoms with E-state index in [4.69, 9.17) is 18.3 Å². The van der Waals surface area contributed by atoms with Gasteiger partial charge in [-0.05, 0) is 113 Å². The Bertz CT molecular complexity index is 953. The molecule has 8 atom stereocenters. The maximum Gasteiger partial charge on any atom is 0.314 e. The van der Waals surface area contributed by atoms with Crippen molar-refractivity contribution in [1.82, 2.24) is 0 Å². The van der Waals surface area contributed by atoms with Gasteiger partial charge in [-0.15, -0.1) is 0 Å². The molecular formula is C28H48O6Si2. The summed E-state index contributed by atoms with van der Waals surface area (Å²) in [4.78, 5) is 27.6. The Balaban J connectivity index is 1.91. The number of hydrogen-bond acceptors (Lipinski definition) is 6. The SMILES string of the molecule is C=C1C[C@]23C[C@@]1(O[Si](C)(C)C)CCC2[C@]1(C)CC[C@H](O[Si](C)(C)C)C(C)(C(=O)OC)C1[C@@H]3C(=O)OC. The van der Waals surface area contributed by atoms with Crippen LogP contribution >= 0.6 is 0 Å². The highest BCUT2D eigenvalue weighted by Gasteiger charge is 2.79. The maximum absolute atomic E-state index is 13.9. The topological polar surface area (TPSA) is 71.1 Å². The van der Waals surface area contributed by atoms with E-state index in [-0.39, 0.29) is 46.3 Å². The molecular weight excluding hydrogens is 488 g/mol. The summed E-state index contributed by atoms with van der Waals surface area (Å²) in [5.74, 6) is -0.867. The minimum absolute atomic E-state index is 0.211. The van der Waals surface area contributed by atoms with Crippen molar-refractivity contribution in [3.8, 4) is 0 Å². The van der Waals surface area contributed by atoms with Gasteiger partial charge in [0.2, 0.25) is 0 Å². The van der Waals surface area contributed by atoms with Crippen LogP contribution in [-0.2, 0) is 27.9 Å². The van der Waals surface area contributed by atoms with Crippen LogP contribution in [0.5, 0.6) is 0 Å². The molecule has 8 heteroatoms. The first-order valence-electron chi connectivity index (χ1n) is 13.6. The Kier molecular flexibility index (Phi) is 6.64. The van der Waals surface area contributed by atoms with Crippen LogP contribution in [0.1, 0.15) is 52.4 Å². The first-order chi connectivity index (χ1) is 16.4. The van der Waals surface area contributed by atoms with Crippen molar-refractivity contribution in [3.63, 3.8) is 0 Å². The predicted molar refractivity (Wildman–Crippen MR) is 145 cm³/mol. The maximum atomic E-state index is 13.9. The van der Waals surface area contributed by atoms with E-state index in [1.807, 2.05) is 6.92 Å². The quantitative estimate of drug-likeness (QED) is 0.238. The average Bonchev–Trinajstić information content (AvgIpc) is 3.10. The third-order valence-electron chi connectivity index (χ3n) is 10.1. The van der Waals surface area contributed by atoms with Crippen molar-refractivity contribution in [2.24, 2.45) is 34.0 Å². The number of carbonyl (C=O) groups excluding carboxylic acids is 2. The van der Waals surface area contributed by atoms with Crippen LogP contribution in [0.15, 0.2) is 12.2 Å². The minimum Gasteiger partial charge on any atom is -0.469 e. The highest BCUT2D eigenvalue weighted by molar-refractivity contribution is 6.70. The zero-order chi connectivity index (χ0) is 27.1. The smallest absolute Gasteiger partial charge is 0.314 e. The number of ether oxygens (including phenoxy) is 2. The Labute approximate surface area is 220 Å².